The van der Waals surface area contributed by atoms with Gasteiger partial charge in [-0.2, -0.15) is 0 Å². The smallest absolute Gasteiger partial charge is 0.260 e. The SMILES string of the molecule is CC(O)c1ccc(OCC(=O)N2CCCCC2)c(Cl)c1. The highest BCUT2D eigenvalue weighted by Gasteiger charge is 2.17. The lowest BCUT2D eigenvalue weighted by atomic mass is 10.1. The van der Waals surface area contributed by atoms with Crippen molar-refractivity contribution in [1.29, 1.82) is 0 Å². The lowest BCUT2D eigenvalue weighted by molar-refractivity contribution is -0.134. The molecule has 1 atom stereocenters. The molecule has 1 heterocycles. The molecule has 4 nitrogen and oxygen atoms in total. The van der Waals surface area contributed by atoms with Crippen LogP contribution in [0.1, 0.15) is 37.9 Å². The fraction of sp³-hybridized carbons (Fsp3) is 0.533. The molecule has 1 unspecified atom stereocenters. The Morgan fingerprint density at radius 1 is 1.40 bits per heavy atom. The van der Waals surface area contributed by atoms with Crippen LogP contribution in [0.15, 0.2) is 18.2 Å². The number of ether oxygens (including phenoxy) is 1. The average Bonchev–Trinajstić information content (AvgIpc) is 2.46. The van der Waals surface area contributed by atoms with Crippen molar-refractivity contribution in [2.45, 2.75) is 32.3 Å². The standard InChI is InChI=1S/C15H20ClNO3/c1-11(18)12-5-6-14(13(16)9-12)20-10-15(19)17-7-3-2-4-8-17/h5-6,9,11,18H,2-4,7-8,10H2,1H3. The summed E-state index contributed by atoms with van der Waals surface area (Å²) >= 11 is 6.08. The van der Waals surface area contributed by atoms with E-state index in [2.05, 4.69) is 0 Å². The summed E-state index contributed by atoms with van der Waals surface area (Å²) in [6.45, 7) is 3.31. The van der Waals surface area contributed by atoms with Crippen LogP contribution in [-0.4, -0.2) is 35.6 Å². The molecule has 2 rings (SSSR count). The maximum Gasteiger partial charge on any atom is 0.260 e. The number of piperidine rings is 1. The van der Waals surface area contributed by atoms with Crippen LogP contribution < -0.4 is 4.74 Å². The second kappa shape index (κ2) is 6.95. The third-order valence-corrected chi connectivity index (χ3v) is 3.79. The maximum absolute atomic E-state index is 12.0. The van der Waals surface area contributed by atoms with Gasteiger partial charge in [-0.1, -0.05) is 17.7 Å². The van der Waals surface area contributed by atoms with Crippen molar-refractivity contribution in [1.82, 2.24) is 4.90 Å². The molecule has 0 spiro atoms. The number of aliphatic hydroxyl groups excluding tert-OH is 1. The molecule has 1 N–H and O–H groups in total. The predicted molar refractivity (Wildman–Crippen MR) is 78.0 cm³/mol. The highest BCUT2D eigenvalue weighted by Crippen LogP contribution is 2.28. The highest BCUT2D eigenvalue weighted by atomic mass is 35.5. The van der Waals surface area contributed by atoms with E-state index in [1.54, 1.807) is 25.1 Å². The van der Waals surface area contributed by atoms with Crippen LogP contribution in [-0.2, 0) is 4.79 Å². The van der Waals surface area contributed by atoms with Crippen molar-refractivity contribution in [2.24, 2.45) is 0 Å². The molecule has 1 aromatic rings. The zero-order chi connectivity index (χ0) is 14.5. The van der Waals surface area contributed by atoms with Gasteiger partial charge in [-0.3, -0.25) is 4.79 Å². The number of hydrogen-bond donors (Lipinski definition) is 1. The molecule has 1 aliphatic heterocycles. The average molecular weight is 298 g/mol. The van der Waals surface area contributed by atoms with Crippen molar-refractivity contribution in [2.75, 3.05) is 19.7 Å². The Hall–Kier alpha value is -1.26. The third-order valence-electron chi connectivity index (χ3n) is 3.50. The molecule has 1 amide bonds. The molecular weight excluding hydrogens is 278 g/mol. The van der Waals surface area contributed by atoms with E-state index in [-0.39, 0.29) is 12.5 Å². The van der Waals surface area contributed by atoms with E-state index in [0.29, 0.717) is 10.8 Å². The second-order valence-corrected chi connectivity index (χ2v) is 5.50. The first-order valence-corrected chi connectivity index (χ1v) is 7.34. The summed E-state index contributed by atoms with van der Waals surface area (Å²) in [5.41, 5.74) is 0.727. The molecular formula is C15H20ClNO3. The van der Waals surface area contributed by atoms with E-state index in [1.807, 2.05) is 4.90 Å². The van der Waals surface area contributed by atoms with Gasteiger partial charge in [0, 0.05) is 13.1 Å². The molecule has 1 aromatic carbocycles. The van der Waals surface area contributed by atoms with E-state index >= 15 is 0 Å². The maximum atomic E-state index is 12.0. The van der Waals surface area contributed by atoms with Crippen LogP contribution in [0.5, 0.6) is 5.75 Å². The molecule has 110 valence electrons. The van der Waals surface area contributed by atoms with Gasteiger partial charge >= 0.3 is 0 Å². The van der Waals surface area contributed by atoms with Crippen molar-refractivity contribution in [3.8, 4) is 5.75 Å². The van der Waals surface area contributed by atoms with Crippen LogP contribution in [0.25, 0.3) is 0 Å². The number of halogens is 1. The minimum absolute atomic E-state index is 0.000342. The zero-order valence-corrected chi connectivity index (χ0v) is 12.4. The number of aliphatic hydroxyl groups is 1. The van der Waals surface area contributed by atoms with E-state index in [4.69, 9.17) is 16.3 Å². The molecule has 0 radical (unpaired) electrons. The lowest BCUT2D eigenvalue weighted by Gasteiger charge is -2.26. The Kier molecular flexibility index (Phi) is 5.26. The van der Waals surface area contributed by atoms with Crippen molar-refractivity contribution in [3.63, 3.8) is 0 Å². The first kappa shape index (κ1) is 15.1. The first-order valence-electron chi connectivity index (χ1n) is 6.96. The number of benzene rings is 1. The number of nitrogens with zero attached hydrogens (tertiary/aromatic N) is 1. The fourth-order valence-corrected chi connectivity index (χ4v) is 2.51. The van der Waals surface area contributed by atoms with Gasteiger partial charge in [0.25, 0.3) is 5.91 Å². The topological polar surface area (TPSA) is 49.8 Å². The van der Waals surface area contributed by atoms with Crippen molar-refractivity contribution < 1.29 is 14.6 Å². The summed E-state index contributed by atoms with van der Waals surface area (Å²) in [5.74, 6) is 0.474. The van der Waals surface area contributed by atoms with Gasteiger partial charge in [0.2, 0.25) is 0 Å². The van der Waals surface area contributed by atoms with E-state index in [9.17, 15) is 9.90 Å². The van der Waals surface area contributed by atoms with E-state index in [1.165, 1.54) is 6.42 Å². The highest BCUT2D eigenvalue weighted by molar-refractivity contribution is 6.32. The Balaban J connectivity index is 1.91. The molecule has 1 saturated heterocycles. The van der Waals surface area contributed by atoms with E-state index < -0.39 is 6.10 Å². The summed E-state index contributed by atoms with van der Waals surface area (Å²) in [6.07, 6.45) is 2.75. The molecule has 0 aromatic heterocycles. The molecule has 20 heavy (non-hydrogen) atoms. The third kappa shape index (κ3) is 3.87. The van der Waals surface area contributed by atoms with Crippen molar-refractivity contribution in [3.05, 3.63) is 28.8 Å². The van der Waals surface area contributed by atoms with Crippen molar-refractivity contribution >= 4 is 17.5 Å². The number of amides is 1. The summed E-state index contributed by atoms with van der Waals surface area (Å²) in [4.78, 5) is 13.8. The summed E-state index contributed by atoms with van der Waals surface area (Å²) in [6, 6.07) is 5.10. The number of hydrogen-bond acceptors (Lipinski definition) is 3. The second-order valence-electron chi connectivity index (χ2n) is 5.10. The van der Waals surface area contributed by atoms with Gasteiger partial charge in [0.05, 0.1) is 11.1 Å². The van der Waals surface area contributed by atoms with Gasteiger partial charge in [-0.05, 0) is 43.9 Å². The number of carbonyl (C=O) groups is 1. The van der Waals surface area contributed by atoms with Crippen LogP contribution in [0.2, 0.25) is 5.02 Å². The molecule has 0 bridgehead atoms. The minimum Gasteiger partial charge on any atom is -0.482 e. The Labute approximate surface area is 124 Å². The van der Waals surface area contributed by atoms with Crippen LogP contribution in [0.4, 0.5) is 0 Å². The molecule has 1 fully saturated rings. The zero-order valence-electron chi connectivity index (χ0n) is 11.6. The summed E-state index contributed by atoms with van der Waals surface area (Å²) in [5, 5.41) is 9.88. The van der Waals surface area contributed by atoms with Gasteiger partial charge in [0.15, 0.2) is 6.61 Å². The minimum atomic E-state index is -0.573. The Morgan fingerprint density at radius 3 is 2.70 bits per heavy atom. The van der Waals surface area contributed by atoms with Crippen LogP contribution >= 0.6 is 11.6 Å². The lowest BCUT2D eigenvalue weighted by Crippen LogP contribution is -2.38. The Morgan fingerprint density at radius 2 is 2.10 bits per heavy atom. The molecule has 0 aliphatic carbocycles. The monoisotopic (exact) mass is 297 g/mol. The van der Waals surface area contributed by atoms with Gasteiger partial charge in [0.1, 0.15) is 5.75 Å². The van der Waals surface area contributed by atoms with Crippen LogP contribution in [0.3, 0.4) is 0 Å². The predicted octanol–water partition coefficient (Wildman–Crippen LogP) is 2.78. The number of carbonyl (C=O) groups excluding carboxylic acids is 1. The number of rotatable bonds is 4. The normalized spacial score (nSPS) is 16.9. The van der Waals surface area contributed by atoms with Gasteiger partial charge in [-0.25, -0.2) is 0 Å². The Bertz CT molecular complexity index is 470. The summed E-state index contributed by atoms with van der Waals surface area (Å²) < 4.78 is 5.48. The first-order chi connectivity index (χ1) is 9.58. The van der Waals surface area contributed by atoms with Gasteiger partial charge in [-0.15, -0.1) is 0 Å². The van der Waals surface area contributed by atoms with Crippen LogP contribution in [0, 0.1) is 0 Å². The summed E-state index contributed by atoms with van der Waals surface area (Å²) in [7, 11) is 0. The fourth-order valence-electron chi connectivity index (χ4n) is 2.27. The molecule has 5 heteroatoms. The molecule has 0 saturated carbocycles. The largest absolute Gasteiger partial charge is 0.482 e. The van der Waals surface area contributed by atoms with Gasteiger partial charge < -0.3 is 14.7 Å². The number of likely N-dealkylation sites (tertiary alicyclic amines) is 1. The van der Waals surface area contributed by atoms with E-state index in [0.717, 1.165) is 31.5 Å². The molecule has 1 aliphatic rings. The quantitative estimate of drug-likeness (QED) is 0.930.